The van der Waals surface area contributed by atoms with E-state index in [2.05, 4.69) is 29.6 Å². The van der Waals surface area contributed by atoms with Crippen LogP contribution in [0.3, 0.4) is 0 Å². The molecule has 1 unspecified atom stereocenters. The maximum absolute atomic E-state index is 13.1. The number of nitrogens with one attached hydrogen (secondary N) is 1. The number of rotatable bonds is 8. The van der Waals surface area contributed by atoms with E-state index in [-0.39, 0.29) is 23.8 Å². The third kappa shape index (κ3) is 4.17. The summed E-state index contributed by atoms with van der Waals surface area (Å²) >= 11 is 0. The van der Waals surface area contributed by atoms with Gasteiger partial charge in [0.1, 0.15) is 0 Å². The number of hydrogen-bond donors (Lipinski definition) is 2. The number of aliphatic hydroxyl groups is 1. The second-order valence-electron chi connectivity index (χ2n) is 7.03. The van der Waals surface area contributed by atoms with Gasteiger partial charge in [-0.1, -0.05) is 73.5 Å². The van der Waals surface area contributed by atoms with E-state index in [1.165, 1.54) is 5.56 Å². The van der Waals surface area contributed by atoms with Gasteiger partial charge in [-0.3, -0.25) is 4.79 Å². The quantitative estimate of drug-likeness (QED) is 0.777. The Morgan fingerprint density at radius 1 is 1.00 bits per heavy atom. The van der Waals surface area contributed by atoms with Crippen LogP contribution in [0.2, 0.25) is 0 Å². The first-order chi connectivity index (χ1) is 12.2. The zero-order chi connectivity index (χ0) is 17.5. The van der Waals surface area contributed by atoms with Gasteiger partial charge in [0.15, 0.2) is 5.78 Å². The topological polar surface area (TPSA) is 49.3 Å². The second kappa shape index (κ2) is 8.41. The van der Waals surface area contributed by atoms with Crippen LogP contribution in [-0.2, 0) is 16.6 Å². The lowest BCUT2D eigenvalue weighted by atomic mass is 9.75. The Kier molecular flexibility index (Phi) is 6.00. The van der Waals surface area contributed by atoms with Crippen LogP contribution in [0.1, 0.15) is 36.8 Å². The number of benzene rings is 2. The zero-order valence-electron chi connectivity index (χ0n) is 14.7. The van der Waals surface area contributed by atoms with E-state index in [0.29, 0.717) is 6.54 Å². The highest BCUT2D eigenvalue weighted by atomic mass is 16.3. The first-order valence-corrected chi connectivity index (χ1v) is 9.21. The van der Waals surface area contributed by atoms with Crippen LogP contribution >= 0.6 is 0 Å². The zero-order valence-corrected chi connectivity index (χ0v) is 14.7. The van der Waals surface area contributed by atoms with Crippen molar-refractivity contribution in [3.8, 4) is 0 Å². The third-order valence-corrected chi connectivity index (χ3v) is 5.41. The van der Waals surface area contributed by atoms with Crippen molar-refractivity contribution >= 4 is 5.78 Å². The molecule has 1 atom stereocenters. The molecule has 1 aliphatic carbocycles. The van der Waals surface area contributed by atoms with Crippen LogP contribution in [0, 0.1) is 0 Å². The molecule has 0 heterocycles. The van der Waals surface area contributed by atoms with Gasteiger partial charge in [-0.15, -0.1) is 0 Å². The van der Waals surface area contributed by atoms with Gasteiger partial charge in [-0.25, -0.2) is 0 Å². The summed E-state index contributed by atoms with van der Waals surface area (Å²) in [4.78, 5) is 13.1. The van der Waals surface area contributed by atoms with Crippen molar-refractivity contribution in [2.75, 3.05) is 13.2 Å². The molecule has 0 spiro atoms. The Bertz CT molecular complexity index is 663. The van der Waals surface area contributed by atoms with E-state index in [4.69, 9.17) is 0 Å². The maximum atomic E-state index is 13.1. The van der Waals surface area contributed by atoms with E-state index in [1.807, 2.05) is 36.4 Å². The summed E-state index contributed by atoms with van der Waals surface area (Å²) in [5, 5.41) is 13.0. The van der Waals surface area contributed by atoms with Crippen molar-refractivity contribution in [1.82, 2.24) is 5.32 Å². The summed E-state index contributed by atoms with van der Waals surface area (Å²) in [6, 6.07) is 20.2. The Morgan fingerprint density at radius 3 is 2.20 bits per heavy atom. The minimum absolute atomic E-state index is 0.0283. The summed E-state index contributed by atoms with van der Waals surface area (Å²) in [5.41, 5.74) is 1.96. The van der Waals surface area contributed by atoms with E-state index < -0.39 is 0 Å². The van der Waals surface area contributed by atoms with Gasteiger partial charge in [0.2, 0.25) is 0 Å². The Balaban J connectivity index is 1.65. The molecule has 1 aliphatic rings. The largest absolute Gasteiger partial charge is 0.395 e. The molecule has 0 bridgehead atoms. The van der Waals surface area contributed by atoms with Gasteiger partial charge in [0.05, 0.1) is 18.6 Å². The molecule has 3 nitrogen and oxygen atoms in total. The first-order valence-electron chi connectivity index (χ1n) is 9.21. The highest BCUT2D eigenvalue weighted by Crippen LogP contribution is 2.41. The minimum atomic E-state index is -0.346. The molecule has 0 radical (unpaired) electrons. The van der Waals surface area contributed by atoms with E-state index in [9.17, 15) is 9.90 Å². The van der Waals surface area contributed by atoms with Crippen molar-refractivity contribution in [2.45, 2.75) is 43.6 Å². The molecule has 2 N–H and O–H groups in total. The summed E-state index contributed by atoms with van der Waals surface area (Å²) in [5.74, 6) is 0.253. The molecule has 0 aliphatic heterocycles. The Morgan fingerprint density at radius 2 is 1.60 bits per heavy atom. The molecule has 0 aromatic heterocycles. The molecule has 1 saturated carbocycles. The highest BCUT2D eigenvalue weighted by molar-refractivity contribution is 5.92. The molecule has 3 heteroatoms. The Labute approximate surface area is 150 Å². The fourth-order valence-electron chi connectivity index (χ4n) is 3.97. The van der Waals surface area contributed by atoms with Gasteiger partial charge < -0.3 is 10.4 Å². The monoisotopic (exact) mass is 337 g/mol. The number of aliphatic hydroxyl groups excluding tert-OH is 1. The van der Waals surface area contributed by atoms with Gasteiger partial charge in [-0.2, -0.15) is 0 Å². The van der Waals surface area contributed by atoms with Gasteiger partial charge in [-0.05, 0) is 30.4 Å². The average Bonchev–Trinajstić information content (AvgIpc) is 3.17. The van der Waals surface area contributed by atoms with Crippen molar-refractivity contribution in [3.05, 3.63) is 71.8 Å². The van der Waals surface area contributed by atoms with Gasteiger partial charge in [0.25, 0.3) is 0 Å². The molecular weight excluding hydrogens is 310 g/mol. The van der Waals surface area contributed by atoms with E-state index in [0.717, 1.165) is 37.7 Å². The lowest BCUT2D eigenvalue weighted by Crippen LogP contribution is -2.44. The molecule has 2 aromatic rings. The minimum Gasteiger partial charge on any atom is -0.395 e. The van der Waals surface area contributed by atoms with Crippen molar-refractivity contribution in [1.29, 1.82) is 0 Å². The second-order valence-corrected chi connectivity index (χ2v) is 7.03. The van der Waals surface area contributed by atoms with Crippen molar-refractivity contribution in [3.63, 3.8) is 0 Å². The van der Waals surface area contributed by atoms with Crippen molar-refractivity contribution < 1.29 is 9.90 Å². The number of ketones is 1. The summed E-state index contributed by atoms with van der Waals surface area (Å²) < 4.78 is 0. The molecule has 1 fully saturated rings. The summed E-state index contributed by atoms with van der Waals surface area (Å²) in [6.45, 7) is 0.341. The number of hydrogen-bond acceptors (Lipinski definition) is 3. The predicted molar refractivity (Wildman–Crippen MR) is 101 cm³/mol. The van der Waals surface area contributed by atoms with E-state index in [1.54, 1.807) is 0 Å². The SMILES string of the molecule is O=C(CNC(CO)Cc1ccccc1)C1(c2ccccc2)CCCC1. The fraction of sp³-hybridized carbons (Fsp3) is 0.409. The predicted octanol–water partition coefficient (Wildman–Crippen LogP) is 3.26. The van der Waals surface area contributed by atoms with E-state index >= 15 is 0 Å². The number of carbonyl (C=O) groups is 1. The molecule has 25 heavy (non-hydrogen) atoms. The van der Waals surface area contributed by atoms with Gasteiger partial charge >= 0.3 is 0 Å². The average molecular weight is 337 g/mol. The van der Waals surface area contributed by atoms with Crippen LogP contribution in [0.5, 0.6) is 0 Å². The third-order valence-electron chi connectivity index (χ3n) is 5.41. The summed E-state index contributed by atoms with van der Waals surface area (Å²) in [7, 11) is 0. The highest BCUT2D eigenvalue weighted by Gasteiger charge is 2.41. The number of Topliss-reactive ketones (excluding diaryl/α,β-unsaturated/α-hetero) is 1. The fourth-order valence-corrected chi connectivity index (χ4v) is 3.97. The van der Waals surface area contributed by atoms with Crippen LogP contribution in [0.4, 0.5) is 0 Å². The molecule has 0 amide bonds. The maximum Gasteiger partial charge on any atom is 0.157 e. The normalized spacial score (nSPS) is 17.3. The molecule has 3 rings (SSSR count). The van der Waals surface area contributed by atoms with Gasteiger partial charge in [0, 0.05) is 6.04 Å². The molecule has 0 saturated heterocycles. The van der Waals surface area contributed by atoms with Crippen LogP contribution in [0.15, 0.2) is 60.7 Å². The lowest BCUT2D eigenvalue weighted by molar-refractivity contribution is -0.123. The summed E-state index contributed by atoms with van der Waals surface area (Å²) in [6.07, 6.45) is 4.80. The van der Waals surface area contributed by atoms with Crippen molar-refractivity contribution in [2.24, 2.45) is 0 Å². The first kappa shape index (κ1) is 17.8. The number of carbonyl (C=O) groups excluding carboxylic acids is 1. The van der Waals surface area contributed by atoms with Crippen LogP contribution < -0.4 is 5.32 Å². The molecule has 132 valence electrons. The Hall–Kier alpha value is -1.97. The molecular formula is C22H27NO2. The smallest absolute Gasteiger partial charge is 0.157 e. The van der Waals surface area contributed by atoms with Crippen LogP contribution in [-0.4, -0.2) is 30.1 Å². The standard InChI is InChI=1S/C22H27NO2/c24-17-20(15-18-9-3-1-4-10-18)23-16-21(25)22(13-7-8-14-22)19-11-5-2-6-12-19/h1-6,9-12,20,23-24H,7-8,13-17H2. The van der Waals surface area contributed by atoms with Crippen LogP contribution in [0.25, 0.3) is 0 Å². The lowest BCUT2D eigenvalue weighted by Gasteiger charge is -2.29. The molecule has 2 aromatic carbocycles.